The summed E-state index contributed by atoms with van der Waals surface area (Å²) in [6.45, 7) is 1.91. The molecular formula is C9H8N4O3. The molecule has 2 aliphatic rings. The van der Waals surface area contributed by atoms with Crippen LogP contribution in [0.2, 0.25) is 0 Å². The number of carbonyl (C=O) groups is 2. The van der Waals surface area contributed by atoms with Gasteiger partial charge in [0, 0.05) is 0 Å². The SMILES string of the molecule is CCOC(=O)C1=NC2=NC(=N)NC(=O)C2=C1. The number of aliphatic imine (C=N–C) groups is 2. The molecule has 0 aromatic heterocycles. The molecule has 0 unspecified atom stereocenters. The van der Waals surface area contributed by atoms with Crippen molar-refractivity contribution >= 4 is 29.4 Å². The van der Waals surface area contributed by atoms with Gasteiger partial charge in [-0.05, 0) is 13.0 Å². The summed E-state index contributed by atoms with van der Waals surface area (Å²) in [6.07, 6.45) is 1.30. The lowest BCUT2D eigenvalue weighted by Gasteiger charge is -2.09. The average molecular weight is 220 g/mol. The van der Waals surface area contributed by atoms with Gasteiger partial charge in [-0.15, -0.1) is 0 Å². The molecule has 2 aliphatic heterocycles. The van der Waals surface area contributed by atoms with E-state index in [1.807, 2.05) is 0 Å². The maximum Gasteiger partial charge on any atom is 0.357 e. The number of amides is 1. The van der Waals surface area contributed by atoms with Gasteiger partial charge in [0.2, 0.25) is 5.96 Å². The van der Waals surface area contributed by atoms with E-state index in [1.54, 1.807) is 6.92 Å². The molecule has 7 nitrogen and oxygen atoms in total. The molecule has 0 aromatic carbocycles. The van der Waals surface area contributed by atoms with E-state index in [1.165, 1.54) is 6.08 Å². The molecule has 2 N–H and O–H groups in total. The highest BCUT2D eigenvalue weighted by molar-refractivity contribution is 6.50. The third-order valence-electron chi connectivity index (χ3n) is 1.93. The first kappa shape index (κ1) is 10.2. The van der Waals surface area contributed by atoms with Gasteiger partial charge in [0.15, 0.2) is 11.5 Å². The van der Waals surface area contributed by atoms with Crippen LogP contribution in [0.4, 0.5) is 0 Å². The van der Waals surface area contributed by atoms with Gasteiger partial charge >= 0.3 is 5.97 Å². The second-order valence-electron chi connectivity index (χ2n) is 3.01. The molecule has 1 amide bonds. The van der Waals surface area contributed by atoms with Gasteiger partial charge < -0.3 is 4.74 Å². The van der Waals surface area contributed by atoms with Gasteiger partial charge in [0.05, 0.1) is 12.2 Å². The lowest BCUT2D eigenvalue weighted by atomic mass is 10.2. The molecule has 0 bridgehead atoms. The standard InChI is InChI=1S/C9H8N4O3/c1-2-16-8(15)5-3-4-6(11-5)12-9(10)13-7(4)14/h3H,2H2,1H3,(H2,10,13,14). The van der Waals surface area contributed by atoms with E-state index in [0.29, 0.717) is 0 Å². The zero-order valence-corrected chi connectivity index (χ0v) is 8.40. The van der Waals surface area contributed by atoms with E-state index in [4.69, 9.17) is 10.1 Å². The molecule has 0 spiro atoms. The number of nitrogens with zero attached hydrogens (tertiary/aromatic N) is 2. The van der Waals surface area contributed by atoms with Crippen molar-refractivity contribution in [2.24, 2.45) is 9.98 Å². The summed E-state index contributed by atoms with van der Waals surface area (Å²) >= 11 is 0. The van der Waals surface area contributed by atoms with Gasteiger partial charge in [-0.1, -0.05) is 0 Å². The molecule has 0 aliphatic carbocycles. The van der Waals surface area contributed by atoms with E-state index in [0.717, 1.165) is 0 Å². The molecule has 0 radical (unpaired) electrons. The van der Waals surface area contributed by atoms with Crippen molar-refractivity contribution in [3.63, 3.8) is 0 Å². The van der Waals surface area contributed by atoms with Crippen molar-refractivity contribution in [2.45, 2.75) is 6.92 Å². The smallest absolute Gasteiger partial charge is 0.357 e. The van der Waals surface area contributed by atoms with Crippen molar-refractivity contribution in [3.8, 4) is 0 Å². The summed E-state index contributed by atoms with van der Waals surface area (Å²) < 4.78 is 4.74. The fourth-order valence-electron chi connectivity index (χ4n) is 1.28. The van der Waals surface area contributed by atoms with Crippen LogP contribution >= 0.6 is 0 Å². The molecule has 0 atom stereocenters. The van der Waals surface area contributed by atoms with Gasteiger partial charge in [0.1, 0.15) is 0 Å². The fraction of sp³-hybridized carbons (Fsp3) is 0.222. The molecule has 2 rings (SSSR count). The first-order valence-electron chi connectivity index (χ1n) is 4.58. The lowest BCUT2D eigenvalue weighted by Crippen LogP contribution is -2.36. The molecule has 0 saturated carbocycles. The largest absolute Gasteiger partial charge is 0.461 e. The number of carbonyl (C=O) groups excluding carboxylic acids is 2. The van der Waals surface area contributed by atoms with E-state index in [-0.39, 0.29) is 29.7 Å². The zero-order valence-electron chi connectivity index (χ0n) is 8.40. The fourth-order valence-corrected chi connectivity index (χ4v) is 1.28. The summed E-state index contributed by atoms with van der Waals surface area (Å²) in [7, 11) is 0. The van der Waals surface area contributed by atoms with Crippen LogP contribution in [-0.2, 0) is 14.3 Å². The summed E-state index contributed by atoms with van der Waals surface area (Å²) in [5.41, 5.74) is 0.208. The molecule has 7 heteroatoms. The molecule has 0 fully saturated rings. The van der Waals surface area contributed by atoms with Crippen LogP contribution in [0.5, 0.6) is 0 Å². The summed E-state index contributed by atoms with van der Waals surface area (Å²) in [5.74, 6) is -1.30. The predicted octanol–water partition coefficient (Wildman–Crippen LogP) is -0.606. The van der Waals surface area contributed by atoms with E-state index in [2.05, 4.69) is 15.3 Å². The Morgan fingerprint density at radius 2 is 2.31 bits per heavy atom. The van der Waals surface area contributed by atoms with Crippen LogP contribution in [-0.4, -0.2) is 36.0 Å². The van der Waals surface area contributed by atoms with Crippen LogP contribution in [0.15, 0.2) is 21.6 Å². The predicted molar refractivity (Wildman–Crippen MR) is 55.5 cm³/mol. The number of hydrogen-bond acceptors (Lipinski definition) is 5. The summed E-state index contributed by atoms with van der Waals surface area (Å²) in [6, 6.07) is 0. The highest BCUT2D eigenvalue weighted by atomic mass is 16.5. The zero-order chi connectivity index (χ0) is 11.7. The lowest BCUT2D eigenvalue weighted by molar-refractivity contribution is -0.134. The number of nitrogens with one attached hydrogen (secondary N) is 2. The Bertz CT molecular complexity index is 487. The molecule has 82 valence electrons. The molecule has 0 saturated heterocycles. The summed E-state index contributed by atoms with van der Waals surface area (Å²) in [5, 5.41) is 9.40. The third-order valence-corrected chi connectivity index (χ3v) is 1.93. The Hall–Kier alpha value is -2.31. The Morgan fingerprint density at radius 3 is 3.00 bits per heavy atom. The number of amidine groups is 1. The average Bonchev–Trinajstić information content (AvgIpc) is 2.62. The minimum Gasteiger partial charge on any atom is -0.461 e. The van der Waals surface area contributed by atoms with Gasteiger partial charge in [-0.2, -0.15) is 4.99 Å². The number of ether oxygens (including phenoxy) is 1. The van der Waals surface area contributed by atoms with Gasteiger partial charge in [-0.3, -0.25) is 15.5 Å². The molecule has 2 heterocycles. The molecule has 16 heavy (non-hydrogen) atoms. The molecule has 0 aromatic rings. The van der Waals surface area contributed by atoms with Crippen LogP contribution < -0.4 is 5.32 Å². The first-order valence-corrected chi connectivity index (χ1v) is 4.58. The van der Waals surface area contributed by atoms with Crippen molar-refractivity contribution in [2.75, 3.05) is 6.61 Å². The van der Waals surface area contributed by atoms with Crippen LogP contribution in [0.3, 0.4) is 0 Å². The topological polar surface area (TPSA) is 104 Å². The number of guanidine groups is 1. The van der Waals surface area contributed by atoms with Gasteiger partial charge in [0.25, 0.3) is 5.91 Å². The number of esters is 1. The molecular weight excluding hydrogens is 212 g/mol. The Balaban J connectivity index is 2.32. The van der Waals surface area contributed by atoms with E-state index >= 15 is 0 Å². The van der Waals surface area contributed by atoms with Crippen molar-refractivity contribution < 1.29 is 14.3 Å². The van der Waals surface area contributed by atoms with E-state index in [9.17, 15) is 9.59 Å². The first-order chi connectivity index (χ1) is 7.61. The highest BCUT2D eigenvalue weighted by Gasteiger charge is 2.30. The second kappa shape index (κ2) is 3.69. The number of hydrogen-bond donors (Lipinski definition) is 2. The maximum absolute atomic E-state index is 11.4. The van der Waals surface area contributed by atoms with Crippen molar-refractivity contribution in [1.82, 2.24) is 5.32 Å². The van der Waals surface area contributed by atoms with Gasteiger partial charge in [-0.25, -0.2) is 9.79 Å². The summed E-state index contributed by atoms with van der Waals surface area (Å²) in [4.78, 5) is 30.2. The Kier molecular flexibility index (Phi) is 2.35. The quantitative estimate of drug-likeness (QED) is 0.606. The number of rotatable bonds is 2. The maximum atomic E-state index is 11.4. The highest BCUT2D eigenvalue weighted by Crippen LogP contribution is 2.13. The third kappa shape index (κ3) is 1.62. The van der Waals surface area contributed by atoms with Crippen molar-refractivity contribution in [3.05, 3.63) is 11.6 Å². The number of fused-ring (bicyclic) bond motifs is 1. The Morgan fingerprint density at radius 1 is 1.56 bits per heavy atom. The second-order valence-corrected chi connectivity index (χ2v) is 3.01. The minimum atomic E-state index is -0.605. The normalized spacial score (nSPS) is 18.2. The van der Waals surface area contributed by atoms with Crippen LogP contribution in [0, 0.1) is 5.41 Å². The van der Waals surface area contributed by atoms with Crippen LogP contribution in [0.1, 0.15) is 6.92 Å². The Labute approximate surface area is 90.4 Å². The van der Waals surface area contributed by atoms with Crippen molar-refractivity contribution in [1.29, 1.82) is 5.41 Å². The monoisotopic (exact) mass is 220 g/mol. The van der Waals surface area contributed by atoms with E-state index < -0.39 is 11.9 Å². The van der Waals surface area contributed by atoms with Crippen LogP contribution in [0.25, 0.3) is 0 Å². The minimum absolute atomic E-state index is 0.0282.